The molecule has 6 nitrogen and oxygen atoms in total. The number of nitrogens with one attached hydrogen (secondary N) is 1. The number of benzene rings is 1. The van der Waals surface area contributed by atoms with Gasteiger partial charge in [-0.25, -0.2) is 0 Å². The summed E-state index contributed by atoms with van der Waals surface area (Å²) in [6.07, 6.45) is 3.44. The summed E-state index contributed by atoms with van der Waals surface area (Å²) in [5.41, 5.74) is 0.924. The maximum Gasteiger partial charge on any atom is 0.294 e. The van der Waals surface area contributed by atoms with Crippen LogP contribution in [0.2, 0.25) is 5.02 Å². The van der Waals surface area contributed by atoms with Gasteiger partial charge in [0.1, 0.15) is 5.69 Å². The van der Waals surface area contributed by atoms with Crippen LogP contribution in [0, 0.1) is 10.1 Å². The monoisotopic (exact) mass is 325 g/mol. The minimum Gasteiger partial charge on any atom is -0.363 e. The van der Waals surface area contributed by atoms with E-state index in [1.54, 1.807) is 13.0 Å². The second-order valence-corrected chi connectivity index (χ2v) is 5.93. The number of carbonyl (C=O) groups is 1. The van der Waals surface area contributed by atoms with Crippen molar-refractivity contribution < 1.29 is 9.72 Å². The molecular formula is C15H20ClN3O3. The summed E-state index contributed by atoms with van der Waals surface area (Å²) < 4.78 is 0. The lowest BCUT2D eigenvalue weighted by Crippen LogP contribution is -2.37. The lowest BCUT2D eigenvalue weighted by molar-refractivity contribution is -0.384. The third-order valence-corrected chi connectivity index (χ3v) is 4.28. The fourth-order valence-electron chi connectivity index (χ4n) is 2.72. The Labute approximate surface area is 134 Å². The highest BCUT2D eigenvalue weighted by molar-refractivity contribution is 6.34. The molecule has 1 aliphatic heterocycles. The third kappa shape index (κ3) is 3.50. The van der Waals surface area contributed by atoms with E-state index in [2.05, 4.69) is 12.2 Å². The number of hydrogen-bond acceptors (Lipinski definition) is 4. The van der Waals surface area contributed by atoms with Gasteiger partial charge in [0.25, 0.3) is 5.69 Å². The molecule has 7 heteroatoms. The zero-order chi connectivity index (χ0) is 16.3. The molecular weight excluding hydrogens is 306 g/mol. The fraction of sp³-hybridized carbons (Fsp3) is 0.533. The summed E-state index contributed by atoms with van der Waals surface area (Å²) in [6, 6.07) is 3.17. The standard InChI is InChI=1S/C15H20ClN3O3/c1-3-15(20)17-12-9-13(14(19(21)22)8-11(12)16)18-7-5-4-6-10(18)2/h8-10H,3-7H2,1-2H3,(H,17,20)/t10-/m1/s1. The molecule has 0 aromatic heterocycles. The van der Waals surface area contributed by atoms with Crippen molar-refractivity contribution in [1.29, 1.82) is 0 Å². The number of halogens is 1. The molecule has 120 valence electrons. The molecule has 1 N–H and O–H groups in total. The van der Waals surface area contributed by atoms with Crippen molar-refractivity contribution in [3.63, 3.8) is 0 Å². The smallest absolute Gasteiger partial charge is 0.294 e. The molecule has 2 rings (SSSR count). The number of carbonyl (C=O) groups excluding carboxylic acids is 1. The van der Waals surface area contributed by atoms with Crippen molar-refractivity contribution in [2.24, 2.45) is 0 Å². The first kappa shape index (κ1) is 16.5. The highest BCUT2D eigenvalue weighted by Gasteiger charge is 2.27. The van der Waals surface area contributed by atoms with Crippen LogP contribution in [0.5, 0.6) is 0 Å². The lowest BCUT2D eigenvalue weighted by Gasteiger charge is -2.35. The van der Waals surface area contributed by atoms with E-state index in [0.717, 1.165) is 25.8 Å². The normalized spacial score (nSPS) is 18.1. The van der Waals surface area contributed by atoms with E-state index >= 15 is 0 Å². The molecule has 22 heavy (non-hydrogen) atoms. The average molecular weight is 326 g/mol. The molecule has 0 spiro atoms. The van der Waals surface area contributed by atoms with Gasteiger partial charge in [0.2, 0.25) is 5.91 Å². The lowest BCUT2D eigenvalue weighted by atomic mass is 10.0. The van der Waals surface area contributed by atoms with Gasteiger partial charge < -0.3 is 10.2 Å². The van der Waals surface area contributed by atoms with Gasteiger partial charge in [0.15, 0.2) is 0 Å². The Kier molecular flexibility index (Phi) is 5.24. The second-order valence-electron chi connectivity index (χ2n) is 5.52. The van der Waals surface area contributed by atoms with E-state index in [1.165, 1.54) is 6.07 Å². The molecule has 0 aliphatic carbocycles. The Balaban J connectivity index is 2.46. The van der Waals surface area contributed by atoms with Gasteiger partial charge in [-0.05, 0) is 32.3 Å². The average Bonchev–Trinajstić information content (AvgIpc) is 2.49. The zero-order valence-corrected chi connectivity index (χ0v) is 13.5. The van der Waals surface area contributed by atoms with Crippen LogP contribution < -0.4 is 10.2 Å². The first-order chi connectivity index (χ1) is 10.4. The number of nitro benzene ring substituents is 1. The van der Waals surface area contributed by atoms with Crippen LogP contribution in [-0.4, -0.2) is 23.4 Å². The molecule has 0 saturated carbocycles. The number of anilines is 2. The Morgan fingerprint density at radius 1 is 1.50 bits per heavy atom. The van der Waals surface area contributed by atoms with E-state index in [1.807, 2.05) is 4.90 Å². The Bertz CT molecular complexity index is 592. The Morgan fingerprint density at radius 2 is 2.23 bits per heavy atom. The van der Waals surface area contributed by atoms with Crippen LogP contribution in [-0.2, 0) is 4.79 Å². The number of piperidine rings is 1. The number of rotatable bonds is 4. The largest absolute Gasteiger partial charge is 0.363 e. The van der Waals surface area contributed by atoms with Crippen molar-refractivity contribution in [2.45, 2.75) is 45.6 Å². The predicted molar refractivity (Wildman–Crippen MR) is 87.7 cm³/mol. The van der Waals surface area contributed by atoms with Gasteiger partial charge in [-0.3, -0.25) is 14.9 Å². The van der Waals surface area contributed by atoms with E-state index in [-0.39, 0.29) is 22.7 Å². The topological polar surface area (TPSA) is 75.5 Å². The van der Waals surface area contributed by atoms with Gasteiger partial charge in [0.05, 0.1) is 15.6 Å². The van der Waals surface area contributed by atoms with Crippen molar-refractivity contribution in [1.82, 2.24) is 0 Å². The minimum absolute atomic E-state index is 0.0201. The molecule has 1 saturated heterocycles. The van der Waals surface area contributed by atoms with Gasteiger partial charge in [0, 0.05) is 25.1 Å². The van der Waals surface area contributed by atoms with Crippen LogP contribution in [0.4, 0.5) is 17.1 Å². The highest BCUT2D eigenvalue weighted by Crippen LogP contribution is 2.39. The van der Waals surface area contributed by atoms with Gasteiger partial charge in [-0.15, -0.1) is 0 Å². The number of amides is 1. The van der Waals surface area contributed by atoms with Crippen LogP contribution >= 0.6 is 11.6 Å². The third-order valence-electron chi connectivity index (χ3n) is 3.97. The van der Waals surface area contributed by atoms with Crippen molar-refractivity contribution in [2.75, 3.05) is 16.8 Å². The van der Waals surface area contributed by atoms with Crippen molar-refractivity contribution in [3.8, 4) is 0 Å². The van der Waals surface area contributed by atoms with Crippen molar-refractivity contribution >= 4 is 34.6 Å². The maximum atomic E-state index is 11.6. The predicted octanol–water partition coefficient (Wildman–Crippen LogP) is 3.98. The molecule has 1 fully saturated rings. The van der Waals surface area contributed by atoms with Crippen LogP contribution in [0.15, 0.2) is 12.1 Å². The summed E-state index contributed by atoms with van der Waals surface area (Å²) in [6.45, 7) is 4.56. The van der Waals surface area contributed by atoms with E-state index in [9.17, 15) is 14.9 Å². The number of nitrogens with zero attached hydrogens (tertiary/aromatic N) is 2. The van der Waals surface area contributed by atoms with Crippen LogP contribution in [0.3, 0.4) is 0 Å². The minimum atomic E-state index is -0.423. The first-order valence-electron chi connectivity index (χ1n) is 7.48. The second kappa shape index (κ2) is 6.96. The molecule has 1 aromatic rings. The zero-order valence-electron chi connectivity index (χ0n) is 12.8. The maximum absolute atomic E-state index is 11.6. The van der Waals surface area contributed by atoms with E-state index in [0.29, 0.717) is 17.8 Å². The molecule has 0 radical (unpaired) electrons. The summed E-state index contributed by atoms with van der Waals surface area (Å²) in [7, 11) is 0. The quantitative estimate of drug-likeness (QED) is 0.671. The molecule has 1 aromatic carbocycles. The molecule has 1 atom stereocenters. The first-order valence-corrected chi connectivity index (χ1v) is 7.86. The SMILES string of the molecule is CCC(=O)Nc1cc(N2CCCC[C@H]2C)c([N+](=O)[O-])cc1Cl. The fourth-order valence-corrected chi connectivity index (χ4v) is 2.92. The molecule has 1 aliphatic rings. The van der Waals surface area contributed by atoms with Crippen LogP contribution in [0.25, 0.3) is 0 Å². The Morgan fingerprint density at radius 3 is 2.82 bits per heavy atom. The van der Waals surface area contributed by atoms with E-state index in [4.69, 9.17) is 11.6 Å². The number of nitro groups is 1. The molecule has 0 unspecified atom stereocenters. The molecule has 0 bridgehead atoms. The molecule has 1 amide bonds. The highest BCUT2D eigenvalue weighted by atomic mass is 35.5. The summed E-state index contributed by atoms with van der Waals surface area (Å²) in [4.78, 5) is 24.5. The summed E-state index contributed by atoms with van der Waals surface area (Å²) in [5, 5.41) is 14.2. The van der Waals surface area contributed by atoms with Gasteiger partial charge in [-0.1, -0.05) is 18.5 Å². The van der Waals surface area contributed by atoms with E-state index < -0.39 is 4.92 Å². The van der Waals surface area contributed by atoms with Gasteiger partial charge >= 0.3 is 0 Å². The van der Waals surface area contributed by atoms with Crippen molar-refractivity contribution in [3.05, 3.63) is 27.3 Å². The summed E-state index contributed by atoms with van der Waals surface area (Å²) >= 11 is 6.08. The number of hydrogen-bond donors (Lipinski definition) is 1. The van der Waals surface area contributed by atoms with Gasteiger partial charge in [-0.2, -0.15) is 0 Å². The Hall–Kier alpha value is -1.82. The summed E-state index contributed by atoms with van der Waals surface area (Å²) in [5.74, 6) is -0.173. The molecule has 1 heterocycles. The van der Waals surface area contributed by atoms with Crippen LogP contribution in [0.1, 0.15) is 39.5 Å².